The molecule has 0 radical (unpaired) electrons. The third kappa shape index (κ3) is 5.36. The van der Waals surface area contributed by atoms with Crippen molar-refractivity contribution >= 4 is 23.4 Å². The van der Waals surface area contributed by atoms with Crippen LogP contribution in [0.5, 0.6) is 5.75 Å². The molecule has 0 unspecified atom stereocenters. The van der Waals surface area contributed by atoms with Crippen LogP contribution in [0, 0.1) is 5.92 Å². The van der Waals surface area contributed by atoms with Gasteiger partial charge in [0.25, 0.3) is 0 Å². The van der Waals surface area contributed by atoms with Gasteiger partial charge in [0.2, 0.25) is 11.8 Å². The standard InChI is InChI=1S/C19H25ClN2O3/c20-15-1-5-17(6-2-15)25-13-14-9-11-22(12-10-14)19(24)8-4-16-3-7-18(23)21-16/h1-2,5-6,14,16H,3-4,7-13H2,(H,21,23)/t16-/m1/s1. The largest absolute Gasteiger partial charge is 0.493 e. The van der Waals surface area contributed by atoms with E-state index in [4.69, 9.17) is 16.3 Å². The van der Waals surface area contributed by atoms with E-state index in [1.165, 1.54) is 0 Å². The van der Waals surface area contributed by atoms with Gasteiger partial charge in [-0.05, 0) is 55.9 Å². The molecule has 2 fully saturated rings. The molecule has 0 saturated carbocycles. The van der Waals surface area contributed by atoms with Crippen molar-refractivity contribution in [3.05, 3.63) is 29.3 Å². The molecule has 1 aromatic rings. The maximum absolute atomic E-state index is 12.3. The van der Waals surface area contributed by atoms with Crippen molar-refractivity contribution in [1.29, 1.82) is 0 Å². The van der Waals surface area contributed by atoms with Crippen LogP contribution in [0.4, 0.5) is 0 Å². The Labute approximate surface area is 153 Å². The number of ether oxygens (including phenoxy) is 1. The summed E-state index contributed by atoms with van der Waals surface area (Å²) >= 11 is 5.87. The van der Waals surface area contributed by atoms with E-state index in [0.717, 1.165) is 44.5 Å². The lowest BCUT2D eigenvalue weighted by atomic mass is 9.97. The van der Waals surface area contributed by atoms with Crippen molar-refractivity contribution in [2.45, 2.75) is 44.6 Å². The SMILES string of the molecule is O=C1CC[C@H](CCC(=O)N2CCC(COc3ccc(Cl)cc3)CC2)N1. The van der Waals surface area contributed by atoms with E-state index < -0.39 is 0 Å². The first-order valence-corrected chi connectivity index (χ1v) is 9.43. The van der Waals surface area contributed by atoms with Crippen LogP contribution < -0.4 is 10.1 Å². The molecule has 5 nitrogen and oxygen atoms in total. The van der Waals surface area contributed by atoms with Gasteiger partial charge in [0.15, 0.2) is 0 Å². The molecule has 2 aliphatic rings. The quantitative estimate of drug-likeness (QED) is 0.844. The Morgan fingerprint density at radius 2 is 1.92 bits per heavy atom. The number of rotatable bonds is 6. The zero-order valence-corrected chi connectivity index (χ0v) is 15.1. The summed E-state index contributed by atoms with van der Waals surface area (Å²) in [6, 6.07) is 7.59. The molecule has 0 bridgehead atoms. The second kappa shape index (κ2) is 8.56. The van der Waals surface area contributed by atoms with Crippen LogP contribution >= 0.6 is 11.6 Å². The molecule has 0 spiro atoms. The molecule has 1 atom stereocenters. The number of benzene rings is 1. The molecule has 3 rings (SSSR count). The van der Waals surface area contributed by atoms with E-state index in [9.17, 15) is 9.59 Å². The summed E-state index contributed by atoms with van der Waals surface area (Å²) in [4.78, 5) is 25.5. The van der Waals surface area contributed by atoms with E-state index in [1.54, 1.807) is 0 Å². The molecular formula is C19H25ClN2O3. The number of nitrogens with zero attached hydrogens (tertiary/aromatic N) is 1. The third-order valence-electron chi connectivity index (χ3n) is 5.06. The molecule has 1 aromatic carbocycles. The molecule has 1 N–H and O–H groups in total. The Kier molecular flexibility index (Phi) is 6.19. The number of amides is 2. The molecule has 25 heavy (non-hydrogen) atoms. The van der Waals surface area contributed by atoms with Gasteiger partial charge in [-0.2, -0.15) is 0 Å². The number of likely N-dealkylation sites (tertiary alicyclic amines) is 1. The van der Waals surface area contributed by atoms with Crippen molar-refractivity contribution in [2.75, 3.05) is 19.7 Å². The first kappa shape index (κ1) is 18.1. The molecule has 2 amide bonds. The smallest absolute Gasteiger partial charge is 0.222 e. The van der Waals surface area contributed by atoms with Gasteiger partial charge >= 0.3 is 0 Å². The maximum atomic E-state index is 12.3. The van der Waals surface area contributed by atoms with E-state index >= 15 is 0 Å². The normalized spacial score (nSPS) is 21.2. The Balaban J connectivity index is 1.34. The number of hydrogen-bond donors (Lipinski definition) is 1. The van der Waals surface area contributed by atoms with Gasteiger partial charge in [0, 0.05) is 37.0 Å². The first-order chi connectivity index (χ1) is 12.1. The number of nitrogens with one attached hydrogen (secondary N) is 1. The fraction of sp³-hybridized carbons (Fsp3) is 0.579. The number of hydrogen-bond acceptors (Lipinski definition) is 3. The van der Waals surface area contributed by atoms with E-state index in [2.05, 4.69) is 5.32 Å². The number of piperidine rings is 1. The van der Waals surface area contributed by atoms with Gasteiger partial charge < -0.3 is 15.0 Å². The maximum Gasteiger partial charge on any atom is 0.222 e. The highest BCUT2D eigenvalue weighted by molar-refractivity contribution is 6.30. The fourth-order valence-electron chi connectivity index (χ4n) is 3.44. The van der Waals surface area contributed by atoms with E-state index in [1.807, 2.05) is 29.2 Å². The van der Waals surface area contributed by atoms with Crippen molar-refractivity contribution in [3.8, 4) is 5.75 Å². The topological polar surface area (TPSA) is 58.6 Å². The van der Waals surface area contributed by atoms with Gasteiger partial charge in [-0.3, -0.25) is 9.59 Å². The van der Waals surface area contributed by atoms with Crippen LogP contribution in [0.15, 0.2) is 24.3 Å². The van der Waals surface area contributed by atoms with Gasteiger partial charge in [0.1, 0.15) is 5.75 Å². The average molecular weight is 365 g/mol. The summed E-state index contributed by atoms with van der Waals surface area (Å²) in [5.74, 6) is 1.63. The Bertz CT molecular complexity index is 597. The molecule has 2 heterocycles. The minimum absolute atomic E-state index is 0.110. The van der Waals surface area contributed by atoms with Crippen LogP contribution in [0.3, 0.4) is 0 Å². The third-order valence-corrected chi connectivity index (χ3v) is 5.31. The number of carbonyl (C=O) groups is 2. The van der Waals surface area contributed by atoms with Crippen LogP contribution in [0.2, 0.25) is 5.02 Å². The predicted octanol–water partition coefficient (Wildman–Crippen LogP) is 3.02. The van der Waals surface area contributed by atoms with Crippen LogP contribution in [0.1, 0.15) is 38.5 Å². The lowest BCUT2D eigenvalue weighted by Crippen LogP contribution is -2.40. The highest BCUT2D eigenvalue weighted by Crippen LogP contribution is 2.22. The minimum atomic E-state index is 0.110. The molecular weight excluding hydrogens is 340 g/mol. The minimum Gasteiger partial charge on any atom is -0.493 e. The fourth-order valence-corrected chi connectivity index (χ4v) is 3.57. The van der Waals surface area contributed by atoms with Crippen molar-refractivity contribution in [2.24, 2.45) is 5.92 Å². The van der Waals surface area contributed by atoms with Gasteiger partial charge in [-0.1, -0.05) is 11.6 Å². The first-order valence-electron chi connectivity index (χ1n) is 9.05. The second-order valence-corrected chi connectivity index (χ2v) is 7.37. The zero-order chi connectivity index (χ0) is 17.6. The summed E-state index contributed by atoms with van der Waals surface area (Å²) in [5, 5.41) is 3.63. The van der Waals surface area contributed by atoms with Crippen LogP contribution in [0.25, 0.3) is 0 Å². The Hall–Kier alpha value is -1.75. The van der Waals surface area contributed by atoms with Gasteiger partial charge in [0.05, 0.1) is 6.61 Å². The zero-order valence-electron chi connectivity index (χ0n) is 14.4. The monoisotopic (exact) mass is 364 g/mol. The Morgan fingerprint density at radius 1 is 1.20 bits per heavy atom. The molecule has 0 aliphatic carbocycles. The number of carbonyl (C=O) groups excluding carboxylic acids is 2. The van der Waals surface area contributed by atoms with Gasteiger partial charge in [-0.15, -0.1) is 0 Å². The molecule has 2 aliphatic heterocycles. The van der Waals surface area contributed by atoms with Crippen LogP contribution in [-0.2, 0) is 9.59 Å². The Morgan fingerprint density at radius 3 is 2.56 bits per heavy atom. The summed E-state index contributed by atoms with van der Waals surface area (Å²) in [7, 11) is 0. The lowest BCUT2D eigenvalue weighted by Gasteiger charge is -2.32. The van der Waals surface area contributed by atoms with E-state index in [-0.39, 0.29) is 17.9 Å². The molecule has 6 heteroatoms. The summed E-state index contributed by atoms with van der Waals surface area (Å²) in [6.07, 6.45) is 4.67. The molecule has 0 aromatic heterocycles. The highest BCUT2D eigenvalue weighted by atomic mass is 35.5. The van der Waals surface area contributed by atoms with Crippen LogP contribution in [-0.4, -0.2) is 42.5 Å². The predicted molar refractivity (Wildman–Crippen MR) is 96.6 cm³/mol. The second-order valence-electron chi connectivity index (χ2n) is 6.93. The molecule has 136 valence electrons. The summed E-state index contributed by atoms with van der Waals surface area (Å²) in [6.45, 7) is 2.27. The number of halogens is 1. The van der Waals surface area contributed by atoms with Crippen molar-refractivity contribution < 1.29 is 14.3 Å². The lowest BCUT2D eigenvalue weighted by molar-refractivity contribution is -0.133. The summed E-state index contributed by atoms with van der Waals surface area (Å²) in [5.41, 5.74) is 0. The van der Waals surface area contributed by atoms with E-state index in [0.29, 0.717) is 30.4 Å². The molecule has 2 saturated heterocycles. The average Bonchev–Trinajstić information content (AvgIpc) is 3.05. The van der Waals surface area contributed by atoms with Gasteiger partial charge in [-0.25, -0.2) is 0 Å². The summed E-state index contributed by atoms with van der Waals surface area (Å²) < 4.78 is 5.82. The van der Waals surface area contributed by atoms with Crippen molar-refractivity contribution in [3.63, 3.8) is 0 Å². The van der Waals surface area contributed by atoms with Crippen molar-refractivity contribution in [1.82, 2.24) is 10.2 Å². The highest BCUT2D eigenvalue weighted by Gasteiger charge is 2.25.